The van der Waals surface area contributed by atoms with Crippen LogP contribution in [0.15, 0.2) is 12.3 Å². The van der Waals surface area contributed by atoms with E-state index in [9.17, 15) is 0 Å². The maximum atomic E-state index is 4.73. The first-order chi connectivity index (χ1) is 9.29. The van der Waals surface area contributed by atoms with Crippen LogP contribution in [0.4, 0.5) is 0 Å². The Morgan fingerprint density at radius 3 is 2.95 bits per heavy atom. The number of aromatic nitrogens is 2. The Bertz CT molecular complexity index is 358. The first-order valence-corrected chi connectivity index (χ1v) is 8.80. The number of rotatable bonds is 7. The molecule has 4 heteroatoms. The van der Waals surface area contributed by atoms with Crippen molar-refractivity contribution in [1.29, 1.82) is 0 Å². The third-order valence-corrected chi connectivity index (χ3v) is 4.96. The molecule has 0 amide bonds. The number of nitrogens with zero attached hydrogens (tertiary/aromatic N) is 2. The van der Waals surface area contributed by atoms with Crippen LogP contribution in [-0.4, -0.2) is 27.3 Å². The van der Waals surface area contributed by atoms with Crippen molar-refractivity contribution in [3.63, 3.8) is 0 Å². The fourth-order valence-electron chi connectivity index (χ4n) is 2.65. The summed E-state index contributed by atoms with van der Waals surface area (Å²) in [4.78, 5) is 0. The van der Waals surface area contributed by atoms with Crippen molar-refractivity contribution in [1.82, 2.24) is 15.1 Å². The van der Waals surface area contributed by atoms with Crippen LogP contribution in [0.5, 0.6) is 0 Å². The second-order valence-corrected chi connectivity index (χ2v) is 6.84. The minimum atomic E-state index is 0.560. The molecule has 1 unspecified atom stereocenters. The molecule has 0 bridgehead atoms. The fraction of sp³-hybridized carbons (Fsp3) is 0.800. The summed E-state index contributed by atoms with van der Waals surface area (Å²) < 4.78 is 2.20. The standard InChI is InChI=1S/C15H27N3S/c1-3-19-12-13(2)16-11-14-9-10-18(17-14)15-7-5-4-6-8-15/h9-10,13,15-16H,3-8,11-12H2,1-2H3. The Morgan fingerprint density at radius 2 is 2.21 bits per heavy atom. The number of thioether (sulfide) groups is 1. The predicted molar refractivity (Wildman–Crippen MR) is 83.6 cm³/mol. The van der Waals surface area contributed by atoms with Gasteiger partial charge in [0.1, 0.15) is 0 Å². The Kier molecular flexibility index (Phi) is 6.24. The lowest BCUT2D eigenvalue weighted by Crippen LogP contribution is -2.28. The van der Waals surface area contributed by atoms with Crippen LogP contribution >= 0.6 is 11.8 Å². The Balaban J connectivity index is 1.77. The summed E-state index contributed by atoms with van der Waals surface area (Å²) in [6.45, 7) is 5.36. The second kappa shape index (κ2) is 7.95. The molecule has 1 aliphatic rings. The van der Waals surface area contributed by atoms with E-state index in [1.54, 1.807) is 0 Å². The van der Waals surface area contributed by atoms with Crippen molar-refractivity contribution in [3.05, 3.63) is 18.0 Å². The lowest BCUT2D eigenvalue weighted by Gasteiger charge is -2.21. The van der Waals surface area contributed by atoms with Crippen molar-refractivity contribution in [3.8, 4) is 0 Å². The van der Waals surface area contributed by atoms with Gasteiger partial charge in [0.25, 0.3) is 0 Å². The van der Waals surface area contributed by atoms with Gasteiger partial charge in [-0.1, -0.05) is 26.2 Å². The van der Waals surface area contributed by atoms with Crippen molar-refractivity contribution in [2.45, 2.75) is 64.6 Å². The Labute approximate surface area is 121 Å². The SMILES string of the molecule is CCSCC(C)NCc1ccn(C2CCCCC2)n1. The first-order valence-electron chi connectivity index (χ1n) is 7.64. The van der Waals surface area contributed by atoms with Gasteiger partial charge in [0.15, 0.2) is 0 Å². The summed E-state index contributed by atoms with van der Waals surface area (Å²) >= 11 is 1.99. The fourth-order valence-corrected chi connectivity index (χ4v) is 3.36. The van der Waals surface area contributed by atoms with Gasteiger partial charge in [-0.05, 0) is 31.6 Å². The number of hydrogen-bond donors (Lipinski definition) is 1. The van der Waals surface area contributed by atoms with Crippen LogP contribution in [0.1, 0.15) is 57.7 Å². The summed E-state index contributed by atoms with van der Waals surface area (Å²) in [5.41, 5.74) is 1.18. The van der Waals surface area contributed by atoms with Crippen molar-refractivity contribution in [2.75, 3.05) is 11.5 Å². The van der Waals surface area contributed by atoms with Crippen LogP contribution in [0.2, 0.25) is 0 Å². The smallest absolute Gasteiger partial charge is 0.0762 e. The lowest BCUT2D eigenvalue weighted by molar-refractivity contribution is 0.327. The molecule has 1 saturated carbocycles. The van der Waals surface area contributed by atoms with Crippen molar-refractivity contribution in [2.24, 2.45) is 0 Å². The number of nitrogens with one attached hydrogen (secondary N) is 1. The summed E-state index contributed by atoms with van der Waals surface area (Å²) in [5, 5.41) is 8.29. The topological polar surface area (TPSA) is 29.9 Å². The van der Waals surface area contributed by atoms with Gasteiger partial charge in [0, 0.05) is 24.5 Å². The maximum absolute atomic E-state index is 4.73. The van der Waals surface area contributed by atoms with Crippen LogP contribution in [0.3, 0.4) is 0 Å². The average Bonchev–Trinajstić information content (AvgIpc) is 2.93. The molecule has 2 rings (SSSR count). The Hall–Kier alpha value is -0.480. The molecule has 0 spiro atoms. The summed E-state index contributed by atoms with van der Waals surface area (Å²) in [6.07, 6.45) is 8.90. The molecular formula is C15H27N3S. The number of hydrogen-bond acceptors (Lipinski definition) is 3. The van der Waals surface area contributed by atoms with E-state index in [2.05, 4.69) is 36.1 Å². The van der Waals surface area contributed by atoms with Gasteiger partial charge in [-0.25, -0.2) is 0 Å². The zero-order chi connectivity index (χ0) is 13.5. The predicted octanol–water partition coefficient (Wildman–Crippen LogP) is 3.62. The van der Waals surface area contributed by atoms with Gasteiger partial charge in [-0.15, -0.1) is 0 Å². The van der Waals surface area contributed by atoms with Crippen LogP contribution < -0.4 is 5.32 Å². The minimum Gasteiger partial charge on any atom is -0.308 e. The van der Waals surface area contributed by atoms with E-state index in [-0.39, 0.29) is 0 Å². The highest BCUT2D eigenvalue weighted by molar-refractivity contribution is 7.99. The molecule has 1 aromatic rings. The zero-order valence-electron chi connectivity index (χ0n) is 12.3. The Morgan fingerprint density at radius 1 is 1.42 bits per heavy atom. The third kappa shape index (κ3) is 4.84. The van der Waals surface area contributed by atoms with E-state index in [1.165, 1.54) is 49.3 Å². The highest BCUT2D eigenvalue weighted by Crippen LogP contribution is 2.27. The summed E-state index contributed by atoms with van der Waals surface area (Å²) in [7, 11) is 0. The summed E-state index contributed by atoms with van der Waals surface area (Å²) in [5.74, 6) is 2.38. The molecule has 108 valence electrons. The molecule has 3 nitrogen and oxygen atoms in total. The molecule has 0 radical (unpaired) electrons. The molecule has 1 atom stereocenters. The van der Waals surface area contributed by atoms with Gasteiger partial charge in [-0.3, -0.25) is 4.68 Å². The molecule has 1 heterocycles. The molecule has 0 aliphatic heterocycles. The third-order valence-electron chi connectivity index (χ3n) is 3.82. The van der Waals surface area contributed by atoms with E-state index in [0.717, 1.165) is 6.54 Å². The average molecular weight is 281 g/mol. The van der Waals surface area contributed by atoms with Gasteiger partial charge in [0.2, 0.25) is 0 Å². The van der Waals surface area contributed by atoms with E-state index >= 15 is 0 Å². The zero-order valence-corrected chi connectivity index (χ0v) is 13.1. The van der Waals surface area contributed by atoms with E-state index < -0.39 is 0 Å². The quantitative estimate of drug-likeness (QED) is 0.828. The van der Waals surface area contributed by atoms with Crippen molar-refractivity contribution < 1.29 is 0 Å². The van der Waals surface area contributed by atoms with Crippen LogP contribution in [0.25, 0.3) is 0 Å². The molecular weight excluding hydrogens is 254 g/mol. The van der Waals surface area contributed by atoms with Crippen molar-refractivity contribution >= 4 is 11.8 Å². The van der Waals surface area contributed by atoms with E-state index in [1.807, 2.05) is 11.8 Å². The molecule has 1 fully saturated rings. The maximum Gasteiger partial charge on any atom is 0.0762 e. The minimum absolute atomic E-state index is 0.560. The largest absolute Gasteiger partial charge is 0.308 e. The molecule has 1 N–H and O–H groups in total. The molecule has 0 saturated heterocycles. The van der Waals surface area contributed by atoms with E-state index in [4.69, 9.17) is 5.10 Å². The first kappa shape index (κ1) is 14.9. The molecule has 0 aromatic carbocycles. The highest BCUT2D eigenvalue weighted by atomic mass is 32.2. The van der Waals surface area contributed by atoms with Crippen LogP contribution in [-0.2, 0) is 6.54 Å². The normalized spacial score (nSPS) is 18.6. The second-order valence-electron chi connectivity index (χ2n) is 5.52. The van der Waals surface area contributed by atoms with Crippen LogP contribution in [0, 0.1) is 0 Å². The van der Waals surface area contributed by atoms with Gasteiger partial charge < -0.3 is 5.32 Å². The van der Waals surface area contributed by atoms with Gasteiger partial charge in [0.05, 0.1) is 11.7 Å². The van der Waals surface area contributed by atoms with E-state index in [0.29, 0.717) is 12.1 Å². The van der Waals surface area contributed by atoms with Gasteiger partial charge >= 0.3 is 0 Å². The molecule has 1 aromatic heterocycles. The highest BCUT2D eigenvalue weighted by Gasteiger charge is 2.15. The molecule has 19 heavy (non-hydrogen) atoms. The molecule has 1 aliphatic carbocycles. The summed E-state index contributed by atoms with van der Waals surface area (Å²) in [6, 6.07) is 3.38. The van der Waals surface area contributed by atoms with Gasteiger partial charge in [-0.2, -0.15) is 16.9 Å². The monoisotopic (exact) mass is 281 g/mol. The lowest BCUT2D eigenvalue weighted by atomic mass is 9.96.